The highest BCUT2D eigenvalue weighted by molar-refractivity contribution is 6.18. The van der Waals surface area contributed by atoms with Crippen LogP contribution in [0.15, 0.2) is 126 Å². The number of aromatic nitrogens is 4. The molecule has 2 aliphatic rings. The SMILES string of the molecule is c1ccc(-c2nc(-c3ccc4cc3C4)nc(-c3cccc4c3oc3c5ccccc5n(-c5ccccc5)c43)n2)cc1. The fourth-order valence-corrected chi connectivity index (χ4v) is 6.06. The molecule has 0 radical (unpaired) electrons. The molecule has 5 heteroatoms. The fourth-order valence-electron chi connectivity index (χ4n) is 6.06. The molecule has 0 spiro atoms. The van der Waals surface area contributed by atoms with E-state index in [1.165, 1.54) is 11.1 Å². The van der Waals surface area contributed by atoms with Crippen LogP contribution in [0.4, 0.5) is 0 Å². The highest BCUT2D eigenvalue weighted by Gasteiger charge is 2.24. The first-order chi connectivity index (χ1) is 20.3. The summed E-state index contributed by atoms with van der Waals surface area (Å²) < 4.78 is 9.04. The Morgan fingerprint density at radius 1 is 0.561 bits per heavy atom. The van der Waals surface area contributed by atoms with E-state index in [9.17, 15) is 0 Å². The third-order valence-electron chi connectivity index (χ3n) is 8.03. The van der Waals surface area contributed by atoms with Crippen molar-refractivity contribution in [2.75, 3.05) is 0 Å². The quantitative estimate of drug-likeness (QED) is 0.230. The molecule has 0 saturated heterocycles. The summed E-state index contributed by atoms with van der Waals surface area (Å²) in [6.45, 7) is 0. The maximum atomic E-state index is 6.76. The molecule has 8 aromatic rings. The lowest BCUT2D eigenvalue weighted by atomic mass is 9.88. The van der Waals surface area contributed by atoms with Gasteiger partial charge in [0.2, 0.25) is 0 Å². The van der Waals surface area contributed by atoms with Crippen LogP contribution in [0.2, 0.25) is 0 Å². The van der Waals surface area contributed by atoms with Gasteiger partial charge in [0.15, 0.2) is 23.1 Å². The van der Waals surface area contributed by atoms with Crippen LogP contribution in [-0.2, 0) is 6.42 Å². The Kier molecular flexibility index (Phi) is 4.61. The summed E-state index contributed by atoms with van der Waals surface area (Å²) in [4.78, 5) is 15.0. The van der Waals surface area contributed by atoms with Crippen LogP contribution >= 0.6 is 0 Å². The average Bonchev–Trinajstić information content (AvgIpc) is 3.56. The zero-order chi connectivity index (χ0) is 26.9. The van der Waals surface area contributed by atoms with Gasteiger partial charge in [-0.15, -0.1) is 0 Å². The molecule has 0 atom stereocenters. The molecule has 3 aromatic heterocycles. The number of para-hydroxylation sites is 3. The predicted octanol–water partition coefficient (Wildman–Crippen LogP) is 8.62. The van der Waals surface area contributed by atoms with E-state index in [0.717, 1.165) is 61.8 Å². The van der Waals surface area contributed by atoms with Gasteiger partial charge in [-0.3, -0.25) is 0 Å². The second kappa shape index (κ2) is 8.47. The number of benzene rings is 5. The van der Waals surface area contributed by atoms with Gasteiger partial charge in [-0.1, -0.05) is 84.9 Å². The molecule has 3 heterocycles. The third kappa shape index (κ3) is 3.33. The Hall–Kier alpha value is -5.55. The molecule has 0 amide bonds. The Balaban J connectivity index is 1.34. The Morgan fingerprint density at radius 2 is 1.24 bits per heavy atom. The van der Waals surface area contributed by atoms with Gasteiger partial charge in [0.1, 0.15) is 11.1 Å². The van der Waals surface area contributed by atoms with Crippen molar-refractivity contribution in [2.24, 2.45) is 0 Å². The average molecular weight is 527 g/mol. The summed E-state index contributed by atoms with van der Waals surface area (Å²) in [6, 6.07) is 41.7. The molecule has 5 aromatic carbocycles. The molecule has 192 valence electrons. The molecule has 0 saturated carbocycles. The lowest BCUT2D eigenvalue weighted by Gasteiger charge is -2.19. The summed E-state index contributed by atoms with van der Waals surface area (Å²) in [5.41, 5.74) is 10.3. The molecule has 0 aliphatic heterocycles. The van der Waals surface area contributed by atoms with Gasteiger partial charge in [-0.25, -0.2) is 15.0 Å². The van der Waals surface area contributed by atoms with Crippen molar-refractivity contribution in [3.63, 3.8) is 0 Å². The third-order valence-corrected chi connectivity index (χ3v) is 8.03. The Morgan fingerprint density at radius 3 is 2.02 bits per heavy atom. The molecular formula is C36H22N4O. The van der Waals surface area contributed by atoms with Crippen molar-refractivity contribution >= 4 is 33.0 Å². The molecule has 10 rings (SSSR count). The summed E-state index contributed by atoms with van der Waals surface area (Å²) in [6.07, 6.45) is 0.961. The maximum absolute atomic E-state index is 6.76. The first-order valence-corrected chi connectivity index (χ1v) is 13.8. The minimum Gasteiger partial charge on any atom is -0.453 e. The number of fused-ring (bicyclic) bond motifs is 7. The number of nitrogens with zero attached hydrogens (tertiary/aromatic N) is 4. The van der Waals surface area contributed by atoms with E-state index in [1.54, 1.807) is 0 Å². The summed E-state index contributed by atoms with van der Waals surface area (Å²) in [5.74, 6) is 1.93. The van der Waals surface area contributed by atoms with Crippen LogP contribution in [0.3, 0.4) is 0 Å². The first kappa shape index (κ1) is 22.3. The first-order valence-electron chi connectivity index (χ1n) is 13.8. The van der Waals surface area contributed by atoms with Gasteiger partial charge in [-0.05, 0) is 53.9 Å². The van der Waals surface area contributed by atoms with Crippen molar-refractivity contribution in [1.82, 2.24) is 19.5 Å². The van der Waals surface area contributed by atoms with Crippen LogP contribution in [0.1, 0.15) is 11.1 Å². The van der Waals surface area contributed by atoms with Crippen molar-refractivity contribution in [2.45, 2.75) is 6.42 Å². The summed E-state index contributed by atoms with van der Waals surface area (Å²) in [7, 11) is 0. The van der Waals surface area contributed by atoms with E-state index in [4.69, 9.17) is 19.4 Å². The number of rotatable bonds is 4. The van der Waals surface area contributed by atoms with Crippen LogP contribution in [-0.4, -0.2) is 19.5 Å². The number of hydrogen-bond acceptors (Lipinski definition) is 4. The molecular weight excluding hydrogens is 504 g/mol. The molecule has 41 heavy (non-hydrogen) atoms. The predicted molar refractivity (Wildman–Crippen MR) is 163 cm³/mol. The molecule has 0 N–H and O–H groups in total. The van der Waals surface area contributed by atoms with E-state index in [2.05, 4.69) is 83.4 Å². The van der Waals surface area contributed by atoms with Gasteiger partial charge in [0, 0.05) is 27.6 Å². The van der Waals surface area contributed by atoms with E-state index in [1.807, 2.05) is 42.5 Å². The monoisotopic (exact) mass is 526 g/mol. The lowest BCUT2D eigenvalue weighted by molar-refractivity contribution is 0.673. The fraction of sp³-hybridized carbons (Fsp3) is 0.0278. The molecule has 5 nitrogen and oxygen atoms in total. The second-order valence-electron chi connectivity index (χ2n) is 10.5. The van der Waals surface area contributed by atoms with Crippen molar-refractivity contribution in [3.05, 3.63) is 132 Å². The number of furan rings is 1. The molecule has 2 bridgehead atoms. The van der Waals surface area contributed by atoms with Crippen LogP contribution < -0.4 is 0 Å². The van der Waals surface area contributed by atoms with E-state index in [-0.39, 0.29) is 0 Å². The Labute approximate surface area is 235 Å². The lowest BCUT2D eigenvalue weighted by Crippen LogP contribution is -2.07. The van der Waals surface area contributed by atoms with Crippen LogP contribution in [0.25, 0.3) is 72.8 Å². The number of hydrogen-bond donors (Lipinski definition) is 0. The van der Waals surface area contributed by atoms with Crippen LogP contribution in [0.5, 0.6) is 0 Å². The maximum Gasteiger partial charge on any atom is 0.167 e. The van der Waals surface area contributed by atoms with Crippen molar-refractivity contribution < 1.29 is 4.42 Å². The summed E-state index contributed by atoms with van der Waals surface area (Å²) >= 11 is 0. The van der Waals surface area contributed by atoms with E-state index >= 15 is 0 Å². The molecule has 2 aliphatic carbocycles. The van der Waals surface area contributed by atoms with E-state index < -0.39 is 0 Å². The van der Waals surface area contributed by atoms with Gasteiger partial charge < -0.3 is 8.98 Å². The highest BCUT2D eigenvalue weighted by atomic mass is 16.3. The van der Waals surface area contributed by atoms with Gasteiger partial charge in [0.25, 0.3) is 0 Å². The van der Waals surface area contributed by atoms with Crippen LogP contribution in [0, 0.1) is 0 Å². The minimum absolute atomic E-state index is 0.599. The van der Waals surface area contributed by atoms with Gasteiger partial charge >= 0.3 is 0 Å². The second-order valence-corrected chi connectivity index (χ2v) is 10.5. The van der Waals surface area contributed by atoms with Gasteiger partial charge in [0.05, 0.1) is 11.1 Å². The smallest absolute Gasteiger partial charge is 0.167 e. The van der Waals surface area contributed by atoms with Crippen molar-refractivity contribution in [3.8, 4) is 39.9 Å². The topological polar surface area (TPSA) is 56.7 Å². The summed E-state index contributed by atoms with van der Waals surface area (Å²) in [5, 5.41) is 2.09. The zero-order valence-electron chi connectivity index (χ0n) is 22.0. The highest BCUT2D eigenvalue weighted by Crippen LogP contribution is 2.42. The molecule has 0 unspecified atom stereocenters. The largest absolute Gasteiger partial charge is 0.453 e. The minimum atomic E-state index is 0.599. The molecule has 0 fully saturated rings. The standard InChI is InChI=1S/C36H22N4O/c1-3-10-23(11-4-1)34-37-35(26-19-18-22-20-24(26)21-22)39-36(38-34)29-16-9-15-28-31-33(41-32(28)29)27-14-7-8-17-30(27)40(31)25-12-5-2-6-13-25/h1-20H,21H2. The Bertz CT molecular complexity index is 2280. The van der Waals surface area contributed by atoms with Gasteiger partial charge in [-0.2, -0.15) is 0 Å². The zero-order valence-corrected chi connectivity index (χ0v) is 22.0. The normalized spacial score (nSPS) is 12.3. The van der Waals surface area contributed by atoms with Crippen molar-refractivity contribution in [1.29, 1.82) is 0 Å². The van der Waals surface area contributed by atoms with E-state index in [0.29, 0.717) is 17.5 Å².